The Balaban J connectivity index is 2.44. The summed E-state index contributed by atoms with van der Waals surface area (Å²) in [4.78, 5) is -0.126. The molecule has 0 radical (unpaired) electrons. The Morgan fingerprint density at radius 2 is 2.05 bits per heavy atom. The van der Waals surface area contributed by atoms with Crippen molar-refractivity contribution in [1.82, 2.24) is 4.31 Å². The van der Waals surface area contributed by atoms with Crippen LogP contribution in [0.25, 0.3) is 0 Å². The van der Waals surface area contributed by atoms with Crippen molar-refractivity contribution in [2.45, 2.75) is 37.6 Å². The van der Waals surface area contributed by atoms with Crippen molar-refractivity contribution in [2.75, 3.05) is 19.4 Å². The summed E-state index contributed by atoms with van der Waals surface area (Å²) in [6, 6.07) is 2.11. The van der Waals surface area contributed by atoms with Crippen LogP contribution >= 0.6 is 0 Å². The van der Waals surface area contributed by atoms with E-state index in [0.29, 0.717) is 6.54 Å². The van der Waals surface area contributed by atoms with Crippen LogP contribution in [-0.2, 0) is 10.0 Å². The fourth-order valence-electron chi connectivity index (χ4n) is 2.73. The van der Waals surface area contributed by atoms with Crippen LogP contribution in [0, 0.1) is 11.7 Å². The quantitative estimate of drug-likeness (QED) is 0.868. The third-order valence-corrected chi connectivity index (χ3v) is 6.14. The second-order valence-corrected chi connectivity index (χ2v) is 7.39. The molecule has 0 aliphatic carbocycles. The lowest BCUT2D eigenvalue weighted by Gasteiger charge is -2.36. The Labute approximate surface area is 124 Å². The van der Waals surface area contributed by atoms with E-state index in [1.807, 2.05) is 13.8 Å². The predicted molar refractivity (Wildman–Crippen MR) is 79.1 cm³/mol. The molecule has 2 atom stereocenters. The summed E-state index contributed by atoms with van der Waals surface area (Å²) in [6.45, 7) is 4.35. The van der Waals surface area contributed by atoms with Crippen molar-refractivity contribution in [3.05, 3.63) is 17.9 Å². The van der Waals surface area contributed by atoms with Gasteiger partial charge in [0.15, 0.2) is 11.6 Å². The number of methoxy groups -OCH3 is 1. The molecule has 0 aromatic heterocycles. The topological polar surface area (TPSA) is 72.6 Å². The van der Waals surface area contributed by atoms with Gasteiger partial charge >= 0.3 is 0 Å². The van der Waals surface area contributed by atoms with Gasteiger partial charge in [-0.3, -0.25) is 0 Å². The first kappa shape index (κ1) is 16.0. The van der Waals surface area contributed by atoms with Crippen molar-refractivity contribution < 1.29 is 17.5 Å². The number of rotatable bonds is 3. The van der Waals surface area contributed by atoms with E-state index < -0.39 is 15.8 Å². The normalized spacial score (nSPS) is 24.0. The SMILES string of the molecule is COc1c(N)cc(S(=O)(=O)N2CCCC(C)C2C)cc1F. The fourth-order valence-corrected chi connectivity index (χ4v) is 4.54. The molecule has 1 heterocycles. The molecule has 2 rings (SSSR count). The number of nitrogens with zero attached hydrogens (tertiary/aromatic N) is 1. The number of ether oxygens (including phenoxy) is 1. The van der Waals surface area contributed by atoms with Crippen LogP contribution in [0.5, 0.6) is 5.75 Å². The van der Waals surface area contributed by atoms with Gasteiger partial charge in [-0.05, 0) is 37.8 Å². The molecule has 21 heavy (non-hydrogen) atoms. The Kier molecular flexibility index (Phi) is 4.43. The highest BCUT2D eigenvalue weighted by atomic mass is 32.2. The minimum Gasteiger partial charge on any atom is -0.492 e. The van der Waals surface area contributed by atoms with Crippen molar-refractivity contribution in [3.63, 3.8) is 0 Å². The molecular formula is C14H21FN2O3S. The van der Waals surface area contributed by atoms with Crippen molar-refractivity contribution in [3.8, 4) is 5.75 Å². The van der Waals surface area contributed by atoms with Gasteiger partial charge in [0, 0.05) is 12.6 Å². The van der Waals surface area contributed by atoms with Crippen LogP contribution in [0.2, 0.25) is 0 Å². The van der Waals surface area contributed by atoms with E-state index in [0.717, 1.165) is 18.9 Å². The number of sulfonamides is 1. The van der Waals surface area contributed by atoms with Gasteiger partial charge in [-0.15, -0.1) is 0 Å². The van der Waals surface area contributed by atoms with Crippen LogP contribution < -0.4 is 10.5 Å². The first-order valence-corrected chi connectivity index (χ1v) is 8.38. The summed E-state index contributed by atoms with van der Waals surface area (Å²) in [7, 11) is -2.47. The summed E-state index contributed by atoms with van der Waals surface area (Å²) in [5, 5.41) is 0. The molecule has 0 bridgehead atoms. The monoisotopic (exact) mass is 316 g/mol. The number of piperidine rings is 1. The molecule has 5 nitrogen and oxygen atoms in total. The number of benzene rings is 1. The Hall–Kier alpha value is -1.34. The lowest BCUT2D eigenvalue weighted by Crippen LogP contribution is -2.45. The number of hydrogen-bond acceptors (Lipinski definition) is 4. The highest BCUT2D eigenvalue weighted by Crippen LogP contribution is 2.33. The standard InChI is InChI=1S/C14H21FN2O3S/c1-9-5-4-6-17(10(9)2)21(18,19)11-7-12(15)14(20-3)13(16)8-11/h7-10H,4-6,16H2,1-3H3. The molecule has 7 heteroatoms. The number of halogens is 1. The Bertz CT molecular complexity index is 610. The molecule has 1 aliphatic heterocycles. The summed E-state index contributed by atoms with van der Waals surface area (Å²) in [5.74, 6) is -0.628. The maximum absolute atomic E-state index is 13.9. The van der Waals surface area contributed by atoms with E-state index >= 15 is 0 Å². The van der Waals surface area contributed by atoms with Crippen LogP contribution in [0.4, 0.5) is 10.1 Å². The van der Waals surface area contributed by atoms with Gasteiger partial charge in [-0.2, -0.15) is 4.31 Å². The average Bonchev–Trinajstić information content (AvgIpc) is 2.41. The molecule has 1 saturated heterocycles. The Morgan fingerprint density at radius 1 is 1.38 bits per heavy atom. The minimum atomic E-state index is -3.76. The van der Waals surface area contributed by atoms with Crippen molar-refractivity contribution in [1.29, 1.82) is 0 Å². The van der Waals surface area contributed by atoms with E-state index in [-0.39, 0.29) is 28.3 Å². The van der Waals surface area contributed by atoms with Crippen LogP contribution in [0.15, 0.2) is 17.0 Å². The molecule has 1 aromatic carbocycles. The molecule has 0 spiro atoms. The molecular weight excluding hydrogens is 295 g/mol. The molecule has 0 amide bonds. The second kappa shape index (κ2) is 5.81. The van der Waals surface area contributed by atoms with Crippen LogP contribution in [-0.4, -0.2) is 32.4 Å². The minimum absolute atomic E-state index is 0.0196. The molecule has 2 unspecified atom stereocenters. The van der Waals surface area contributed by atoms with E-state index in [1.54, 1.807) is 0 Å². The third kappa shape index (κ3) is 2.85. The zero-order valence-electron chi connectivity index (χ0n) is 12.5. The van der Waals surface area contributed by atoms with Gasteiger partial charge in [-0.1, -0.05) is 6.92 Å². The van der Waals surface area contributed by atoms with Gasteiger partial charge in [-0.25, -0.2) is 12.8 Å². The van der Waals surface area contributed by atoms with E-state index in [2.05, 4.69) is 0 Å². The zero-order valence-corrected chi connectivity index (χ0v) is 13.3. The number of anilines is 1. The number of nitrogen functional groups attached to an aromatic ring is 1. The smallest absolute Gasteiger partial charge is 0.243 e. The first-order valence-electron chi connectivity index (χ1n) is 6.94. The highest BCUT2D eigenvalue weighted by Gasteiger charge is 2.35. The maximum atomic E-state index is 13.9. The maximum Gasteiger partial charge on any atom is 0.243 e. The number of hydrogen-bond donors (Lipinski definition) is 1. The third-order valence-electron chi connectivity index (χ3n) is 4.17. The zero-order chi connectivity index (χ0) is 15.8. The summed E-state index contributed by atoms with van der Waals surface area (Å²) < 4.78 is 45.6. The van der Waals surface area contributed by atoms with Gasteiger partial charge < -0.3 is 10.5 Å². The molecule has 2 N–H and O–H groups in total. The molecule has 1 aromatic rings. The van der Waals surface area contributed by atoms with Crippen molar-refractivity contribution in [2.24, 2.45) is 5.92 Å². The van der Waals surface area contributed by atoms with Gasteiger partial charge in [0.05, 0.1) is 17.7 Å². The highest BCUT2D eigenvalue weighted by molar-refractivity contribution is 7.89. The van der Waals surface area contributed by atoms with Crippen LogP contribution in [0.1, 0.15) is 26.7 Å². The van der Waals surface area contributed by atoms with E-state index in [4.69, 9.17) is 10.5 Å². The fraction of sp³-hybridized carbons (Fsp3) is 0.571. The van der Waals surface area contributed by atoms with Gasteiger partial charge in [0.25, 0.3) is 0 Å². The second-order valence-electron chi connectivity index (χ2n) is 5.50. The largest absolute Gasteiger partial charge is 0.492 e. The van der Waals surface area contributed by atoms with E-state index in [1.165, 1.54) is 17.5 Å². The Morgan fingerprint density at radius 3 is 2.62 bits per heavy atom. The first-order chi connectivity index (χ1) is 9.78. The number of nitrogens with two attached hydrogens (primary N) is 1. The van der Waals surface area contributed by atoms with Crippen LogP contribution in [0.3, 0.4) is 0 Å². The van der Waals surface area contributed by atoms with Crippen molar-refractivity contribution >= 4 is 15.7 Å². The summed E-state index contributed by atoms with van der Waals surface area (Å²) in [6.07, 6.45) is 1.80. The molecule has 1 aliphatic rings. The lowest BCUT2D eigenvalue weighted by atomic mass is 9.94. The predicted octanol–water partition coefficient (Wildman–Crippen LogP) is 2.23. The average molecular weight is 316 g/mol. The van der Waals surface area contributed by atoms with Gasteiger partial charge in [0.1, 0.15) is 0 Å². The molecule has 0 saturated carbocycles. The molecule has 1 fully saturated rings. The summed E-state index contributed by atoms with van der Waals surface area (Å²) >= 11 is 0. The van der Waals surface area contributed by atoms with Gasteiger partial charge in [0.2, 0.25) is 10.0 Å². The lowest BCUT2D eigenvalue weighted by molar-refractivity contribution is 0.202. The summed E-state index contributed by atoms with van der Waals surface area (Å²) in [5.41, 5.74) is 5.65. The van der Waals surface area contributed by atoms with E-state index in [9.17, 15) is 12.8 Å². The molecule has 118 valence electrons.